The number of alkyl halides is 1. The van der Waals surface area contributed by atoms with Gasteiger partial charge in [0.25, 0.3) is 0 Å². The lowest BCUT2D eigenvalue weighted by Gasteiger charge is -2.25. The lowest BCUT2D eigenvalue weighted by atomic mass is 10.2. The second-order valence-electron chi connectivity index (χ2n) is 4.69. The van der Waals surface area contributed by atoms with Crippen LogP contribution in [0.25, 0.3) is 0 Å². The van der Waals surface area contributed by atoms with Crippen LogP contribution in [-0.4, -0.2) is 27.1 Å². The molecular formula is C11H18INO2. The third-order valence-corrected chi connectivity index (χ3v) is 2.97. The Balaban J connectivity index is 2.58. The molecule has 0 spiro atoms. The van der Waals surface area contributed by atoms with E-state index in [4.69, 9.17) is 4.74 Å². The Labute approximate surface area is 105 Å². The number of carbonyl (C=O) groups is 1. The first-order valence-corrected chi connectivity index (χ1v) is 6.43. The van der Waals surface area contributed by atoms with Crippen molar-refractivity contribution < 1.29 is 9.53 Å². The third kappa shape index (κ3) is 4.86. The molecule has 3 nitrogen and oxygen atoms in total. The number of hydrogen-bond acceptors (Lipinski definition) is 2. The Bertz CT molecular complexity index is 258. The Kier molecular flexibility index (Phi) is 4.43. The molecule has 86 valence electrons. The zero-order chi connectivity index (χ0) is 11.5. The number of amides is 1. The fourth-order valence-electron chi connectivity index (χ4n) is 1.30. The number of allylic oxidation sites excluding steroid dienone is 1. The fourth-order valence-corrected chi connectivity index (χ4v) is 2.08. The molecule has 0 aromatic heterocycles. The zero-order valence-electron chi connectivity index (χ0n) is 9.50. The van der Waals surface area contributed by atoms with E-state index in [1.807, 2.05) is 33.0 Å². The number of ether oxygens (including phenoxy) is 1. The summed E-state index contributed by atoms with van der Waals surface area (Å²) in [6.07, 6.45) is 5.78. The van der Waals surface area contributed by atoms with Gasteiger partial charge in [0.2, 0.25) is 0 Å². The summed E-state index contributed by atoms with van der Waals surface area (Å²) in [6.45, 7) is 6.39. The number of carbonyl (C=O) groups excluding carboxylic acids is 1. The predicted molar refractivity (Wildman–Crippen MR) is 69.1 cm³/mol. The molecule has 0 radical (unpaired) electrons. The number of hydrogen-bond donors (Lipinski definition) is 0. The summed E-state index contributed by atoms with van der Waals surface area (Å²) in [4.78, 5) is 13.4. The molecule has 1 aliphatic heterocycles. The van der Waals surface area contributed by atoms with Crippen LogP contribution in [-0.2, 0) is 4.74 Å². The molecule has 4 heteroatoms. The molecule has 15 heavy (non-hydrogen) atoms. The first-order valence-electron chi connectivity index (χ1n) is 5.19. The van der Waals surface area contributed by atoms with Crippen molar-refractivity contribution in [2.45, 2.75) is 43.1 Å². The molecule has 1 heterocycles. The average Bonchev–Trinajstić information content (AvgIpc) is 2.26. The molecular weight excluding hydrogens is 305 g/mol. The smallest absolute Gasteiger partial charge is 0.414 e. The van der Waals surface area contributed by atoms with Gasteiger partial charge < -0.3 is 4.74 Å². The van der Waals surface area contributed by atoms with Gasteiger partial charge in [-0.05, 0) is 33.6 Å². The Morgan fingerprint density at radius 3 is 2.80 bits per heavy atom. The summed E-state index contributed by atoms with van der Waals surface area (Å²) in [5.74, 6) is 0. The van der Waals surface area contributed by atoms with Gasteiger partial charge in [-0.15, -0.1) is 0 Å². The SMILES string of the molecule is CC(C)(C)OC(=O)N1C=CCCC(I)C1. The van der Waals surface area contributed by atoms with E-state index >= 15 is 0 Å². The van der Waals surface area contributed by atoms with Crippen LogP contribution in [0.1, 0.15) is 33.6 Å². The van der Waals surface area contributed by atoms with Crippen LogP contribution >= 0.6 is 22.6 Å². The first kappa shape index (κ1) is 12.8. The van der Waals surface area contributed by atoms with Gasteiger partial charge in [-0.3, -0.25) is 4.90 Å². The molecule has 0 aromatic rings. The van der Waals surface area contributed by atoms with Gasteiger partial charge in [0.1, 0.15) is 5.60 Å². The largest absolute Gasteiger partial charge is 0.443 e. The van der Waals surface area contributed by atoms with Crippen LogP contribution in [0.4, 0.5) is 4.79 Å². The molecule has 1 rings (SSSR count). The van der Waals surface area contributed by atoms with E-state index in [0.717, 1.165) is 19.4 Å². The minimum absolute atomic E-state index is 0.248. The molecule has 1 aliphatic rings. The van der Waals surface area contributed by atoms with Crippen LogP contribution in [0.2, 0.25) is 0 Å². The van der Waals surface area contributed by atoms with Crippen molar-refractivity contribution in [1.29, 1.82) is 0 Å². The monoisotopic (exact) mass is 323 g/mol. The van der Waals surface area contributed by atoms with E-state index in [9.17, 15) is 4.79 Å². The van der Waals surface area contributed by atoms with Crippen molar-refractivity contribution in [2.24, 2.45) is 0 Å². The van der Waals surface area contributed by atoms with Crippen molar-refractivity contribution in [1.82, 2.24) is 4.90 Å². The van der Waals surface area contributed by atoms with E-state index < -0.39 is 5.60 Å². The second kappa shape index (κ2) is 5.18. The van der Waals surface area contributed by atoms with Gasteiger partial charge in [0.15, 0.2) is 0 Å². The van der Waals surface area contributed by atoms with Crippen LogP contribution in [0, 0.1) is 0 Å². The van der Waals surface area contributed by atoms with Crippen LogP contribution in [0.15, 0.2) is 12.3 Å². The van der Waals surface area contributed by atoms with Gasteiger partial charge >= 0.3 is 6.09 Å². The summed E-state index contributed by atoms with van der Waals surface area (Å²) in [5, 5.41) is 0. The molecule has 0 bridgehead atoms. The lowest BCUT2D eigenvalue weighted by molar-refractivity contribution is 0.0339. The van der Waals surface area contributed by atoms with Gasteiger partial charge in [-0.2, -0.15) is 0 Å². The molecule has 1 amide bonds. The maximum atomic E-state index is 11.8. The lowest BCUT2D eigenvalue weighted by Crippen LogP contribution is -2.35. The highest BCUT2D eigenvalue weighted by atomic mass is 127. The molecule has 0 aromatic carbocycles. The van der Waals surface area contributed by atoms with Crippen molar-refractivity contribution in [3.05, 3.63) is 12.3 Å². The summed E-state index contributed by atoms with van der Waals surface area (Å²) in [7, 11) is 0. The molecule has 1 atom stereocenters. The minimum Gasteiger partial charge on any atom is -0.443 e. The summed E-state index contributed by atoms with van der Waals surface area (Å²) < 4.78 is 5.82. The Morgan fingerprint density at radius 1 is 1.53 bits per heavy atom. The maximum Gasteiger partial charge on any atom is 0.414 e. The first-order chi connectivity index (χ1) is 6.88. The molecule has 1 unspecified atom stereocenters. The Morgan fingerprint density at radius 2 is 2.20 bits per heavy atom. The van der Waals surface area contributed by atoms with Gasteiger partial charge in [0, 0.05) is 16.7 Å². The van der Waals surface area contributed by atoms with Crippen molar-refractivity contribution in [2.75, 3.05) is 6.54 Å². The van der Waals surface area contributed by atoms with E-state index in [1.54, 1.807) is 4.90 Å². The number of rotatable bonds is 0. The average molecular weight is 323 g/mol. The molecule has 0 aliphatic carbocycles. The molecule has 0 fully saturated rings. The van der Waals surface area contributed by atoms with E-state index in [0.29, 0.717) is 3.92 Å². The topological polar surface area (TPSA) is 29.5 Å². The van der Waals surface area contributed by atoms with Crippen LogP contribution < -0.4 is 0 Å². The second-order valence-corrected chi connectivity index (χ2v) is 6.45. The predicted octanol–water partition coefficient (Wildman–Crippen LogP) is 3.33. The minimum atomic E-state index is -0.419. The summed E-state index contributed by atoms with van der Waals surface area (Å²) in [6, 6.07) is 0. The van der Waals surface area contributed by atoms with Crippen molar-refractivity contribution >= 4 is 28.7 Å². The third-order valence-electron chi connectivity index (χ3n) is 1.95. The van der Waals surface area contributed by atoms with Gasteiger partial charge in [-0.25, -0.2) is 4.79 Å². The van der Waals surface area contributed by atoms with E-state index in [1.165, 1.54) is 0 Å². The van der Waals surface area contributed by atoms with Crippen molar-refractivity contribution in [3.63, 3.8) is 0 Å². The summed E-state index contributed by atoms with van der Waals surface area (Å²) in [5.41, 5.74) is -0.419. The van der Waals surface area contributed by atoms with Gasteiger partial charge in [0.05, 0.1) is 0 Å². The van der Waals surface area contributed by atoms with Crippen LogP contribution in [0.5, 0.6) is 0 Å². The Hall–Kier alpha value is -0.260. The van der Waals surface area contributed by atoms with Gasteiger partial charge in [-0.1, -0.05) is 28.7 Å². The number of halogens is 1. The summed E-state index contributed by atoms with van der Waals surface area (Å²) >= 11 is 2.38. The normalized spacial score (nSPS) is 22.4. The van der Waals surface area contributed by atoms with Crippen LogP contribution in [0.3, 0.4) is 0 Å². The number of nitrogens with zero attached hydrogens (tertiary/aromatic N) is 1. The highest BCUT2D eigenvalue weighted by Gasteiger charge is 2.23. The molecule has 0 saturated carbocycles. The molecule has 0 saturated heterocycles. The standard InChI is InChI=1S/C11H18INO2/c1-11(2,3)15-10(14)13-7-5-4-6-9(12)8-13/h5,7,9H,4,6,8H2,1-3H3. The molecule has 0 N–H and O–H groups in total. The quantitative estimate of drug-likeness (QED) is 0.505. The highest BCUT2D eigenvalue weighted by Crippen LogP contribution is 2.18. The fraction of sp³-hybridized carbons (Fsp3) is 0.727. The highest BCUT2D eigenvalue weighted by molar-refractivity contribution is 14.1. The maximum absolute atomic E-state index is 11.8. The zero-order valence-corrected chi connectivity index (χ0v) is 11.7. The van der Waals surface area contributed by atoms with E-state index in [-0.39, 0.29) is 6.09 Å². The van der Waals surface area contributed by atoms with Crippen molar-refractivity contribution in [3.8, 4) is 0 Å². The van der Waals surface area contributed by atoms with E-state index in [2.05, 4.69) is 22.6 Å².